The highest BCUT2D eigenvalue weighted by Crippen LogP contribution is 2.25. The summed E-state index contributed by atoms with van der Waals surface area (Å²) in [5, 5.41) is 0. The summed E-state index contributed by atoms with van der Waals surface area (Å²) in [6, 6.07) is 24.1. The normalized spacial score (nSPS) is 11.0. The van der Waals surface area contributed by atoms with E-state index < -0.39 is 0 Å². The van der Waals surface area contributed by atoms with Crippen molar-refractivity contribution in [3.05, 3.63) is 107 Å². The molecular formula is C29H32N2+2. The quantitative estimate of drug-likeness (QED) is 0.379. The van der Waals surface area contributed by atoms with Gasteiger partial charge < -0.3 is 0 Å². The first-order valence-electron chi connectivity index (χ1n) is 11.1. The van der Waals surface area contributed by atoms with Gasteiger partial charge in [-0.2, -0.15) is 4.57 Å². The molecule has 0 atom stereocenters. The number of aromatic nitrogens is 2. The van der Waals surface area contributed by atoms with Crippen LogP contribution in [0.5, 0.6) is 0 Å². The molecule has 0 aliphatic heterocycles. The van der Waals surface area contributed by atoms with Crippen LogP contribution in [0.3, 0.4) is 0 Å². The van der Waals surface area contributed by atoms with Gasteiger partial charge in [0, 0.05) is 40.8 Å². The summed E-state index contributed by atoms with van der Waals surface area (Å²) in [6.07, 6.45) is 5.44. The van der Waals surface area contributed by atoms with Crippen LogP contribution in [0.15, 0.2) is 79.1 Å². The van der Waals surface area contributed by atoms with Crippen LogP contribution >= 0.6 is 0 Å². The van der Waals surface area contributed by atoms with Crippen molar-refractivity contribution in [3.63, 3.8) is 0 Å². The largest absolute Gasteiger partial charge is 0.215 e. The van der Waals surface area contributed by atoms with E-state index >= 15 is 0 Å². The van der Waals surface area contributed by atoms with E-state index in [1.165, 1.54) is 50.3 Å². The van der Waals surface area contributed by atoms with Gasteiger partial charge in [0.1, 0.15) is 7.05 Å². The Labute approximate surface area is 186 Å². The van der Waals surface area contributed by atoms with Crippen LogP contribution in [0.2, 0.25) is 0 Å². The first-order valence-corrected chi connectivity index (χ1v) is 11.1. The number of hydrogen-bond donors (Lipinski definition) is 0. The van der Waals surface area contributed by atoms with E-state index in [2.05, 4.69) is 123 Å². The topological polar surface area (TPSA) is 7.76 Å². The predicted octanol–water partition coefficient (Wildman–Crippen LogP) is 5.61. The molecule has 2 nitrogen and oxygen atoms in total. The van der Waals surface area contributed by atoms with Crippen LogP contribution in [-0.2, 0) is 20.0 Å². The van der Waals surface area contributed by atoms with Crippen LogP contribution in [-0.4, -0.2) is 0 Å². The lowest BCUT2D eigenvalue weighted by Gasteiger charge is -2.11. The summed E-state index contributed by atoms with van der Waals surface area (Å²) >= 11 is 0. The van der Waals surface area contributed by atoms with Gasteiger partial charge >= 0.3 is 0 Å². The Morgan fingerprint density at radius 3 is 2.00 bits per heavy atom. The second kappa shape index (κ2) is 8.85. The lowest BCUT2D eigenvalue weighted by atomic mass is 9.98. The Kier molecular flexibility index (Phi) is 5.99. The molecule has 4 aromatic rings. The standard InChI is InChI=1S/C29H32N2/c1-21-11-6-8-14-26(21)28-19-23(3)24(4)20-31(28)18-16-25-13-10-17-30(5)29(25)27-15-9-7-12-22(27)2/h6-15,17,19-20H,16,18H2,1-5H3/q+2. The molecule has 0 fully saturated rings. The molecule has 2 aromatic heterocycles. The predicted molar refractivity (Wildman–Crippen MR) is 128 cm³/mol. The first kappa shape index (κ1) is 21.0. The third-order valence-corrected chi connectivity index (χ3v) is 6.34. The second-order valence-electron chi connectivity index (χ2n) is 8.59. The summed E-state index contributed by atoms with van der Waals surface area (Å²) in [5.41, 5.74) is 11.9. The van der Waals surface area contributed by atoms with Crippen molar-refractivity contribution < 1.29 is 9.13 Å². The SMILES string of the molecule is Cc1cc(-c2ccccc2C)[n+](CCc2ccc[n+](C)c2-c2ccccc2C)cc1C. The van der Waals surface area contributed by atoms with E-state index in [0.29, 0.717) is 0 Å². The van der Waals surface area contributed by atoms with Crippen molar-refractivity contribution in [1.82, 2.24) is 0 Å². The average Bonchev–Trinajstić information content (AvgIpc) is 2.75. The average molecular weight is 409 g/mol. The molecule has 0 unspecified atom stereocenters. The zero-order chi connectivity index (χ0) is 22.0. The molecule has 156 valence electrons. The molecular weight excluding hydrogens is 376 g/mol. The van der Waals surface area contributed by atoms with Crippen LogP contribution < -0.4 is 9.13 Å². The molecule has 0 amide bonds. The van der Waals surface area contributed by atoms with Gasteiger partial charge in [0.05, 0.1) is 0 Å². The summed E-state index contributed by atoms with van der Waals surface area (Å²) in [4.78, 5) is 0. The lowest BCUT2D eigenvalue weighted by Crippen LogP contribution is -2.39. The van der Waals surface area contributed by atoms with Gasteiger partial charge in [-0.1, -0.05) is 36.4 Å². The number of aryl methyl sites for hydroxylation is 7. The van der Waals surface area contributed by atoms with Crippen molar-refractivity contribution >= 4 is 0 Å². The molecule has 0 bridgehead atoms. The second-order valence-corrected chi connectivity index (χ2v) is 8.59. The van der Waals surface area contributed by atoms with Crippen LogP contribution in [0.25, 0.3) is 22.5 Å². The van der Waals surface area contributed by atoms with Gasteiger partial charge in [0.2, 0.25) is 11.4 Å². The van der Waals surface area contributed by atoms with Crippen molar-refractivity contribution in [2.75, 3.05) is 0 Å². The molecule has 2 heteroatoms. The van der Waals surface area contributed by atoms with Gasteiger partial charge in [-0.25, -0.2) is 4.57 Å². The van der Waals surface area contributed by atoms with Gasteiger partial charge in [-0.15, -0.1) is 0 Å². The maximum Gasteiger partial charge on any atom is 0.215 e. The molecule has 0 aliphatic carbocycles. The minimum Gasteiger partial charge on any atom is -0.201 e. The summed E-state index contributed by atoms with van der Waals surface area (Å²) in [6.45, 7) is 9.74. The van der Waals surface area contributed by atoms with Crippen LogP contribution in [0, 0.1) is 27.7 Å². The number of pyridine rings is 2. The molecule has 0 spiro atoms. The van der Waals surface area contributed by atoms with Crippen LogP contribution in [0.4, 0.5) is 0 Å². The maximum absolute atomic E-state index is 2.43. The molecule has 0 N–H and O–H groups in total. The molecule has 0 saturated carbocycles. The highest BCUT2D eigenvalue weighted by atomic mass is 15.0. The van der Waals surface area contributed by atoms with E-state index in [1.807, 2.05) is 0 Å². The van der Waals surface area contributed by atoms with E-state index in [-0.39, 0.29) is 0 Å². The smallest absolute Gasteiger partial charge is 0.201 e. The Hall–Kier alpha value is -3.26. The highest BCUT2D eigenvalue weighted by Gasteiger charge is 2.21. The Morgan fingerprint density at radius 2 is 1.32 bits per heavy atom. The van der Waals surface area contributed by atoms with E-state index in [1.54, 1.807) is 0 Å². The zero-order valence-electron chi connectivity index (χ0n) is 19.3. The molecule has 2 heterocycles. The summed E-state index contributed by atoms with van der Waals surface area (Å²) in [7, 11) is 2.15. The fourth-order valence-corrected chi connectivity index (χ4v) is 4.40. The van der Waals surface area contributed by atoms with Crippen molar-refractivity contribution in [1.29, 1.82) is 0 Å². The fourth-order valence-electron chi connectivity index (χ4n) is 4.40. The number of nitrogens with zero attached hydrogens (tertiary/aromatic N) is 2. The van der Waals surface area contributed by atoms with Crippen molar-refractivity contribution in [3.8, 4) is 22.5 Å². The minimum absolute atomic E-state index is 0.938. The minimum atomic E-state index is 0.938. The third kappa shape index (κ3) is 4.29. The Morgan fingerprint density at radius 1 is 0.677 bits per heavy atom. The van der Waals surface area contributed by atoms with Gasteiger partial charge in [-0.3, -0.25) is 0 Å². The molecule has 4 rings (SSSR count). The van der Waals surface area contributed by atoms with Gasteiger partial charge in [0.25, 0.3) is 0 Å². The maximum atomic E-state index is 2.43. The number of hydrogen-bond acceptors (Lipinski definition) is 0. The van der Waals surface area contributed by atoms with E-state index in [0.717, 1.165) is 13.0 Å². The fraction of sp³-hybridized carbons (Fsp3) is 0.241. The molecule has 0 aliphatic rings. The van der Waals surface area contributed by atoms with E-state index in [9.17, 15) is 0 Å². The molecule has 31 heavy (non-hydrogen) atoms. The molecule has 0 saturated heterocycles. The summed E-state index contributed by atoms with van der Waals surface area (Å²) in [5.74, 6) is 0. The van der Waals surface area contributed by atoms with Crippen molar-refractivity contribution in [2.24, 2.45) is 7.05 Å². The van der Waals surface area contributed by atoms with Crippen LogP contribution in [0.1, 0.15) is 27.8 Å². The zero-order valence-corrected chi connectivity index (χ0v) is 19.3. The highest BCUT2D eigenvalue weighted by molar-refractivity contribution is 5.64. The van der Waals surface area contributed by atoms with Gasteiger partial charge in [0.15, 0.2) is 18.9 Å². The molecule has 0 radical (unpaired) electrons. The number of rotatable bonds is 5. The monoisotopic (exact) mass is 408 g/mol. The van der Waals surface area contributed by atoms with Gasteiger partial charge in [-0.05, 0) is 62.6 Å². The Bertz CT molecular complexity index is 1240. The van der Waals surface area contributed by atoms with E-state index in [4.69, 9.17) is 0 Å². The van der Waals surface area contributed by atoms with Crippen molar-refractivity contribution in [2.45, 2.75) is 40.7 Å². The summed E-state index contributed by atoms with van der Waals surface area (Å²) < 4.78 is 4.68. The first-order chi connectivity index (χ1) is 15.0. The third-order valence-electron chi connectivity index (χ3n) is 6.34. The number of benzene rings is 2. The lowest BCUT2D eigenvalue weighted by molar-refractivity contribution is -0.686. The molecule has 2 aromatic carbocycles. The Balaban J connectivity index is 1.75.